The van der Waals surface area contributed by atoms with Crippen molar-refractivity contribution in [1.82, 2.24) is 10.6 Å². The second kappa shape index (κ2) is 8.12. The first-order chi connectivity index (χ1) is 9.06. The number of ether oxygens (including phenoxy) is 1. The highest BCUT2D eigenvalue weighted by atomic mass is 16.5. The van der Waals surface area contributed by atoms with Gasteiger partial charge in [0.2, 0.25) is 11.8 Å². The highest BCUT2D eigenvalue weighted by Gasteiger charge is 2.32. The Labute approximate surface area is 114 Å². The topological polar surface area (TPSA) is 93.5 Å². The molecule has 6 heteroatoms. The van der Waals surface area contributed by atoms with Gasteiger partial charge in [-0.1, -0.05) is 13.3 Å². The van der Waals surface area contributed by atoms with Crippen LogP contribution in [0.15, 0.2) is 0 Å². The summed E-state index contributed by atoms with van der Waals surface area (Å²) in [5.41, 5.74) is 6.05. The van der Waals surface area contributed by atoms with E-state index < -0.39 is 0 Å². The van der Waals surface area contributed by atoms with Crippen molar-refractivity contribution in [1.29, 1.82) is 0 Å². The van der Waals surface area contributed by atoms with E-state index in [9.17, 15) is 9.59 Å². The molecule has 1 fully saturated rings. The number of carbonyl (C=O) groups excluding carboxylic acids is 2. The fourth-order valence-corrected chi connectivity index (χ4v) is 2.40. The Kier molecular flexibility index (Phi) is 6.80. The maximum absolute atomic E-state index is 12.0. The Hall–Kier alpha value is -1.14. The fourth-order valence-electron chi connectivity index (χ4n) is 2.40. The molecule has 0 heterocycles. The summed E-state index contributed by atoms with van der Waals surface area (Å²) in [5.74, 6) is -0.126. The van der Waals surface area contributed by atoms with Crippen molar-refractivity contribution in [2.24, 2.45) is 17.6 Å². The van der Waals surface area contributed by atoms with Gasteiger partial charge in [-0.3, -0.25) is 9.59 Å². The maximum atomic E-state index is 12.0. The monoisotopic (exact) mass is 271 g/mol. The molecule has 1 aliphatic rings. The van der Waals surface area contributed by atoms with Crippen LogP contribution < -0.4 is 16.4 Å². The lowest BCUT2D eigenvalue weighted by atomic mass is 9.78. The van der Waals surface area contributed by atoms with E-state index in [1.807, 2.05) is 0 Å². The molecule has 0 bridgehead atoms. The van der Waals surface area contributed by atoms with Crippen molar-refractivity contribution in [2.75, 3.05) is 26.8 Å². The van der Waals surface area contributed by atoms with E-state index >= 15 is 0 Å². The van der Waals surface area contributed by atoms with Gasteiger partial charge < -0.3 is 21.1 Å². The quantitative estimate of drug-likeness (QED) is 0.575. The molecule has 1 rings (SSSR count). The van der Waals surface area contributed by atoms with Crippen LogP contribution in [0.4, 0.5) is 0 Å². The largest absolute Gasteiger partial charge is 0.383 e. The third-order valence-electron chi connectivity index (χ3n) is 3.68. The standard InChI is InChI=1S/C13H25N3O3/c1-9-4-3-5-10(12(9)14)13(18)16-8-11(17)15-6-7-19-2/h9-10,12H,3-8,14H2,1-2H3,(H,15,17)(H,16,18). The van der Waals surface area contributed by atoms with Crippen LogP contribution in [0.25, 0.3) is 0 Å². The van der Waals surface area contributed by atoms with E-state index in [2.05, 4.69) is 17.6 Å². The summed E-state index contributed by atoms with van der Waals surface area (Å²) in [6, 6.07) is -0.106. The summed E-state index contributed by atoms with van der Waals surface area (Å²) in [5, 5.41) is 5.31. The molecule has 0 spiro atoms. The van der Waals surface area contributed by atoms with Crippen LogP contribution in [0.1, 0.15) is 26.2 Å². The smallest absolute Gasteiger partial charge is 0.239 e. The first kappa shape index (κ1) is 15.9. The van der Waals surface area contributed by atoms with Crippen molar-refractivity contribution >= 4 is 11.8 Å². The van der Waals surface area contributed by atoms with Crippen molar-refractivity contribution < 1.29 is 14.3 Å². The molecule has 6 nitrogen and oxygen atoms in total. The Morgan fingerprint density at radius 1 is 1.32 bits per heavy atom. The van der Waals surface area contributed by atoms with Gasteiger partial charge in [0.25, 0.3) is 0 Å². The van der Waals surface area contributed by atoms with Crippen molar-refractivity contribution in [2.45, 2.75) is 32.2 Å². The summed E-state index contributed by atoms with van der Waals surface area (Å²) < 4.78 is 4.82. The third-order valence-corrected chi connectivity index (χ3v) is 3.68. The molecule has 110 valence electrons. The normalized spacial score (nSPS) is 26.8. The van der Waals surface area contributed by atoms with Gasteiger partial charge >= 0.3 is 0 Å². The highest BCUT2D eigenvalue weighted by Crippen LogP contribution is 2.27. The van der Waals surface area contributed by atoms with Crippen LogP contribution in [-0.2, 0) is 14.3 Å². The fraction of sp³-hybridized carbons (Fsp3) is 0.846. The number of hydrogen-bond acceptors (Lipinski definition) is 4. The van der Waals surface area contributed by atoms with Crippen LogP contribution in [0.2, 0.25) is 0 Å². The third kappa shape index (κ3) is 5.16. The lowest BCUT2D eigenvalue weighted by molar-refractivity contribution is -0.130. The van der Waals surface area contributed by atoms with Crippen molar-refractivity contribution in [3.8, 4) is 0 Å². The van der Waals surface area contributed by atoms with E-state index in [0.29, 0.717) is 19.1 Å². The molecule has 19 heavy (non-hydrogen) atoms. The number of nitrogens with two attached hydrogens (primary N) is 1. The lowest BCUT2D eigenvalue weighted by Gasteiger charge is -2.32. The molecule has 0 aromatic rings. The second-order valence-corrected chi connectivity index (χ2v) is 5.15. The maximum Gasteiger partial charge on any atom is 0.239 e. The van der Waals surface area contributed by atoms with E-state index in [0.717, 1.165) is 19.3 Å². The summed E-state index contributed by atoms with van der Waals surface area (Å²) in [6.45, 7) is 2.98. The minimum Gasteiger partial charge on any atom is -0.383 e. The zero-order valence-corrected chi connectivity index (χ0v) is 11.8. The molecular weight excluding hydrogens is 246 g/mol. The Morgan fingerprint density at radius 3 is 2.74 bits per heavy atom. The molecule has 0 aliphatic heterocycles. The first-order valence-electron chi connectivity index (χ1n) is 6.85. The zero-order valence-electron chi connectivity index (χ0n) is 11.8. The van der Waals surface area contributed by atoms with E-state index in [1.165, 1.54) is 0 Å². The van der Waals surface area contributed by atoms with Crippen LogP contribution in [-0.4, -0.2) is 44.7 Å². The molecule has 0 aromatic heterocycles. The van der Waals surface area contributed by atoms with Crippen molar-refractivity contribution in [3.05, 3.63) is 0 Å². The molecule has 3 unspecified atom stereocenters. The minimum atomic E-state index is -0.206. The van der Waals surface area contributed by atoms with E-state index in [1.54, 1.807) is 7.11 Å². The van der Waals surface area contributed by atoms with Crippen LogP contribution >= 0.6 is 0 Å². The minimum absolute atomic E-state index is 0.000147. The molecule has 4 N–H and O–H groups in total. The summed E-state index contributed by atoms with van der Waals surface area (Å²) in [4.78, 5) is 23.4. The van der Waals surface area contributed by atoms with Gasteiger partial charge in [-0.2, -0.15) is 0 Å². The summed E-state index contributed by atoms with van der Waals surface area (Å²) in [6.07, 6.45) is 2.90. The highest BCUT2D eigenvalue weighted by molar-refractivity contribution is 5.86. The van der Waals surface area contributed by atoms with Gasteiger partial charge in [0, 0.05) is 19.7 Å². The molecule has 1 saturated carbocycles. The number of nitrogens with one attached hydrogen (secondary N) is 2. The molecule has 0 radical (unpaired) electrons. The SMILES string of the molecule is COCCNC(=O)CNC(=O)C1CCCC(C)C1N. The predicted octanol–water partition coefficient (Wildman–Crippen LogP) is -0.371. The molecule has 0 saturated heterocycles. The van der Waals surface area contributed by atoms with E-state index in [-0.39, 0.29) is 30.3 Å². The zero-order chi connectivity index (χ0) is 14.3. The number of amides is 2. The van der Waals surface area contributed by atoms with Crippen molar-refractivity contribution in [3.63, 3.8) is 0 Å². The van der Waals surface area contributed by atoms with Crippen LogP contribution in [0.5, 0.6) is 0 Å². The van der Waals surface area contributed by atoms with Gasteiger partial charge in [-0.05, 0) is 18.8 Å². The van der Waals surface area contributed by atoms with Crippen LogP contribution in [0.3, 0.4) is 0 Å². The van der Waals surface area contributed by atoms with Gasteiger partial charge in [0.15, 0.2) is 0 Å². The summed E-state index contributed by atoms with van der Waals surface area (Å²) >= 11 is 0. The first-order valence-corrected chi connectivity index (χ1v) is 6.85. The van der Waals surface area contributed by atoms with Gasteiger partial charge in [-0.15, -0.1) is 0 Å². The number of hydrogen-bond donors (Lipinski definition) is 3. The molecular formula is C13H25N3O3. The average Bonchev–Trinajstić information content (AvgIpc) is 2.39. The second-order valence-electron chi connectivity index (χ2n) is 5.15. The number of methoxy groups -OCH3 is 1. The molecule has 3 atom stereocenters. The molecule has 0 aromatic carbocycles. The van der Waals surface area contributed by atoms with Crippen LogP contribution in [0, 0.1) is 11.8 Å². The molecule has 1 aliphatic carbocycles. The average molecular weight is 271 g/mol. The van der Waals surface area contributed by atoms with Gasteiger partial charge in [0.05, 0.1) is 19.1 Å². The Balaban J connectivity index is 2.28. The lowest BCUT2D eigenvalue weighted by Crippen LogP contribution is -2.49. The Bertz CT molecular complexity index is 310. The molecule has 2 amide bonds. The van der Waals surface area contributed by atoms with Gasteiger partial charge in [0.1, 0.15) is 0 Å². The Morgan fingerprint density at radius 2 is 2.05 bits per heavy atom. The number of rotatable bonds is 6. The number of carbonyl (C=O) groups is 2. The van der Waals surface area contributed by atoms with Gasteiger partial charge in [-0.25, -0.2) is 0 Å². The van der Waals surface area contributed by atoms with E-state index in [4.69, 9.17) is 10.5 Å². The predicted molar refractivity (Wildman–Crippen MR) is 72.4 cm³/mol. The summed E-state index contributed by atoms with van der Waals surface area (Å²) in [7, 11) is 1.57.